The van der Waals surface area contributed by atoms with Crippen molar-refractivity contribution in [2.45, 2.75) is 31.1 Å². The van der Waals surface area contributed by atoms with Crippen molar-refractivity contribution in [3.63, 3.8) is 0 Å². The van der Waals surface area contributed by atoms with Gasteiger partial charge in [-0.3, -0.25) is 14.6 Å². The molecule has 4 N–H and O–H groups in total. The number of rotatable bonds is 3. The molecule has 0 saturated heterocycles. The van der Waals surface area contributed by atoms with Gasteiger partial charge in [0, 0.05) is 11.1 Å². The molecule has 0 amide bonds. The first-order valence-electron chi connectivity index (χ1n) is 9.12. The minimum atomic E-state index is -0.800. The molecule has 2 bridgehead atoms. The molecule has 2 heterocycles. The maximum Gasteiger partial charge on any atom is 0.349 e. The number of nitrogens with two attached hydrogens (primary N) is 1. The van der Waals surface area contributed by atoms with Crippen molar-refractivity contribution in [1.29, 1.82) is 0 Å². The van der Waals surface area contributed by atoms with E-state index in [9.17, 15) is 14.4 Å². The normalized spacial score (nSPS) is 19.1. The quantitative estimate of drug-likeness (QED) is 0.554. The third kappa shape index (κ3) is 2.83. The van der Waals surface area contributed by atoms with Crippen LogP contribution in [0.1, 0.15) is 42.2 Å². The van der Waals surface area contributed by atoms with Crippen LogP contribution in [-0.2, 0) is 0 Å². The third-order valence-electron chi connectivity index (χ3n) is 5.55. The van der Waals surface area contributed by atoms with Crippen LogP contribution in [0.15, 0.2) is 26.5 Å². The molecule has 12 heteroatoms. The zero-order valence-corrected chi connectivity index (χ0v) is 16.8. The molecule has 2 aromatic heterocycles. The maximum absolute atomic E-state index is 12.2. The number of halogens is 2. The summed E-state index contributed by atoms with van der Waals surface area (Å²) in [5.41, 5.74) is 5.41. The molecule has 0 spiro atoms. The molecule has 3 aromatic rings. The van der Waals surface area contributed by atoms with Gasteiger partial charge in [-0.1, -0.05) is 23.2 Å². The fourth-order valence-electron chi connectivity index (χ4n) is 4.29. The number of aromatic nitrogens is 5. The summed E-state index contributed by atoms with van der Waals surface area (Å²) in [7, 11) is 0. The van der Waals surface area contributed by atoms with Gasteiger partial charge in [-0.05, 0) is 43.2 Å². The Morgan fingerprint density at radius 2 is 1.73 bits per heavy atom. The molecular formula is C18H14Cl2N6O4. The summed E-state index contributed by atoms with van der Waals surface area (Å²) in [4.78, 5) is 37.8. The first-order valence-corrected chi connectivity index (χ1v) is 9.88. The van der Waals surface area contributed by atoms with Crippen molar-refractivity contribution in [2.75, 3.05) is 5.73 Å². The Morgan fingerprint density at radius 1 is 1.07 bits per heavy atom. The highest BCUT2D eigenvalue weighted by Gasteiger charge is 2.42. The summed E-state index contributed by atoms with van der Waals surface area (Å²) in [6, 6.07) is 2.79. The molecule has 0 aliphatic heterocycles. The minimum absolute atomic E-state index is 0.0841. The van der Waals surface area contributed by atoms with Crippen molar-refractivity contribution in [3.05, 3.63) is 64.5 Å². The number of anilines is 1. The van der Waals surface area contributed by atoms with E-state index in [2.05, 4.69) is 20.3 Å². The number of fused-ring (bicyclic) bond motifs is 5. The van der Waals surface area contributed by atoms with Gasteiger partial charge in [0.05, 0.1) is 15.7 Å². The second-order valence-electron chi connectivity index (χ2n) is 7.29. The third-order valence-corrected chi connectivity index (χ3v) is 6.11. The highest BCUT2D eigenvalue weighted by Crippen LogP contribution is 2.54. The van der Waals surface area contributed by atoms with E-state index in [4.69, 9.17) is 33.7 Å². The lowest BCUT2D eigenvalue weighted by Crippen LogP contribution is -2.33. The molecule has 10 nitrogen and oxygen atoms in total. The van der Waals surface area contributed by atoms with Crippen molar-refractivity contribution >= 4 is 29.0 Å². The molecule has 30 heavy (non-hydrogen) atoms. The van der Waals surface area contributed by atoms with Gasteiger partial charge in [0.2, 0.25) is 11.7 Å². The van der Waals surface area contributed by atoms with E-state index in [-0.39, 0.29) is 50.6 Å². The van der Waals surface area contributed by atoms with Crippen LogP contribution in [0.3, 0.4) is 0 Å². The fraction of sp³-hybridized carbons (Fsp3) is 0.278. The number of nitrogen functional groups attached to an aromatic ring is 1. The van der Waals surface area contributed by atoms with Crippen LogP contribution in [0.25, 0.3) is 5.69 Å². The van der Waals surface area contributed by atoms with Crippen LogP contribution < -0.4 is 27.3 Å². The number of nitrogens with one attached hydrogen (secondary N) is 2. The molecule has 1 aromatic carbocycles. The van der Waals surface area contributed by atoms with E-state index in [0.717, 1.165) is 35.1 Å². The van der Waals surface area contributed by atoms with Gasteiger partial charge < -0.3 is 10.5 Å². The monoisotopic (exact) mass is 448 g/mol. The first-order chi connectivity index (χ1) is 14.3. The van der Waals surface area contributed by atoms with Crippen LogP contribution in [0.2, 0.25) is 10.0 Å². The van der Waals surface area contributed by atoms with Crippen LogP contribution in [0.5, 0.6) is 11.6 Å². The number of hydrogen-bond acceptors (Lipinski definition) is 7. The minimum Gasteiger partial charge on any atom is -0.434 e. The number of hydrogen-bond donors (Lipinski definition) is 3. The molecule has 2 atom stereocenters. The number of nitrogens with zero attached hydrogens (tertiary/aromatic N) is 3. The van der Waals surface area contributed by atoms with E-state index in [0.29, 0.717) is 0 Å². The largest absolute Gasteiger partial charge is 0.434 e. The van der Waals surface area contributed by atoms with Crippen LogP contribution in [-0.4, -0.2) is 25.0 Å². The topological polar surface area (TPSA) is 149 Å². The van der Waals surface area contributed by atoms with Gasteiger partial charge >= 0.3 is 5.69 Å². The summed E-state index contributed by atoms with van der Waals surface area (Å²) in [6.45, 7) is 0. The molecule has 154 valence electrons. The van der Waals surface area contributed by atoms with Gasteiger partial charge in [0.15, 0.2) is 5.75 Å². The number of benzene rings is 1. The summed E-state index contributed by atoms with van der Waals surface area (Å²) in [6.07, 6.45) is 2.86. The summed E-state index contributed by atoms with van der Waals surface area (Å²) >= 11 is 12.7. The predicted molar refractivity (Wildman–Crippen MR) is 109 cm³/mol. The van der Waals surface area contributed by atoms with E-state index >= 15 is 0 Å². The van der Waals surface area contributed by atoms with Gasteiger partial charge in [0.1, 0.15) is 0 Å². The van der Waals surface area contributed by atoms with Crippen molar-refractivity contribution < 1.29 is 4.74 Å². The molecule has 2 aliphatic carbocycles. The van der Waals surface area contributed by atoms with Crippen molar-refractivity contribution in [2.24, 2.45) is 0 Å². The highest BCUT2D eigenvalue weighted by atomic mass is 35.5. The van der Waals surface area contributed by atoms with E-state index in [1.807, 2.05) is 0 Å². The Labute approximate surface area is 177 Å². The Balaban J connectivity index is 1.57. The number of ether oxygens (including phenoxy) is 1. The first kappa shape index (κ1) is 18.9. The molecular weight excluding hydrogens is 435 g/mol. The average molecular weight is 449 g/mol. The Bertz CT molecular complexity index is 1360. The smallest absolute Gasteiger partial charge is 0.349 e. The Kier molecular flexibility index (Phi) is 4.23. The zero-order chi connectivity index (χ0) is 21.2. The molecule has 5 rings (SSSR count). The fourth-order valence-corrected chi connectivity index (χ4v) is 4.85. The van der Waals surface area contributed by atoms with E-state index in [1.54, 1.807) is 0 Å². The van der Waals surface area contributed by atoms with Crippen LogP contribution >= 0.6 is 23.2 Å². The SMILES string of the molecule is Nc1nn(-c2cc(Cl)c(Oc3n[nH]c(=O)c4c3C3CCC4C3)c(Cl)c2)c(=O)[nH]c1=O. The van der Waals surface area contributed by atoms with Crippen molar-refractivity contribution in [3.8, 4) is 17.3 Å². The molecule has 1 fully saturated rings. The Morgan fingerprint density at radius 3 is 2.43 bits per heavy atom. The lowest BCUT2D eigenvalue weighted by atomic mass is 9.94. The Hall–Kier alpha value is -3.11. The second-order valence-corrected chi connectivity index (χ2v) is 8.10. The van der Waals surface area contributed by atoms with E-state index < -0.39 is 11.2 Å². The summed E-state index contributed by atoms with van der Waals surface area (Å²) < 4.78 is 6.79. The standard InChI is InChI=1S/C18H14Cl2N6O4/c19-9-4-8(26-18(29)22-16(28)14(21)25-26)5-10(20)13(9)30-17-12-7-2-1-6(3-7)11(12)15(27)23-24-17/h4-7H,1-3H2,(H2,21,25)(H,23,27)(H,22,28,29). The lowest BCUT2D eigenvalue weighted by Gasteiger charge is -2.18. The molecule has 0 radical (unpaired) electrons. The van der Waals surface area contributed by atoms with Gasteiger partial charge in [-0.2, -0.15) is 4.68 Å². The summed E-state index contributed by atoms with van der Waals surface area (Å²) in [5, 5.41) is 10.5. The van der Waals surface area contributed by atoms with Gasteiger partial charge in [0.25, 0.3) is 11.1 Å². The molecule has 2 unspecified atom stereocenters. The summed E-state index contributed by atoms with van der Waals surface area (Å²) in [5.74, 6) is 0.439. The highest BCUT2D eigenvalue weighted by molar-refractivity contribution is 6.37. The van der Waals surface area contributed by atoms with Gasteiger partial charge in [-0.25, -0.2) is 9.89 Å². The second kappa shape index (κ2) is 6.71. The lowest BCUT2D eigenvalue weighted by molar-refractivity contribution is 0.440. The zero-order valence-electron chi connectivity index (χ0n) is 15.2. The number of H-pyrrole nitrogens is 2. The van der Waals surface area contributed by atoms with Crippen LogP contribution in [0.4, 0.5) is 5.82 Å². The molecule has 2 aliphatic rings. The van der Waals surface area contributed by atoms with Crippen molar-refractivity contribution in [1.82, 2.24) is 25.0 Å². The predicted octanol–water partition coefficient (Wildman–Crippen LogP) is 2.05. The maximum atomic E-state index is 12.2. The average Bonchev–Trinajstić information content (AvgIpc) is 3.31. The van der Waals surface area contributed by atoms with Gasteiger partial charge in [-0.15, -0.1) is 10.2 Å². The molecule has 1 saturated carbocycles. The number of aromatic amines is 2. The van der Waals surface area contributed by atoms with E-state index in [1.165, 1.54) is 12.1 Å². The van der Waals surface area contributed by atoms with Crippen LogP contribution in [0, 0.1) is 0 Å².